The van der Waals surface area contributed by atoms with Crippen LogP contribution in [0.4, 0.5) is 11.4 Å². The molecule has 5 heteroatoms. The number of hydrogen-bond acceptors (Lipinski definition) is 3. The molecular formula is C13H18N2O3. The van der Waals surface area contributed by atoms with Gasteiger partial charge in [-0.1, -0.05) is 6.07 Å². The number of nitrogens with zero attached hydrogens (tertiary/aromatic N) is 1. The third-order valence-corrected chi connectivity index (χ3v) is 2.54. The Kier molecular flexibility index (Phi) is 4.71. The van der Waals surface area contributed by atoms with Crippen molar-refractivity contribution < 1.29 is 14.7 Å². The minimum Gasteiger partial charge on any atom is -0.481 e. The van der Waals surface area contributed by atoms with Gasteiger partial charge in [0, 0.05) is 31.9 Å². The van der Waals surface area contributed by atoms with Crippen LogP contribution in [0, 0.1) is 6.92 Å². The Hall–Kier alpha value is -2.04. The number of aryl methyl sites for hydroxylation is 1. The highest BCUT2D eigenvalue weighted by molar-refractivity contribution is 5.93. The van der Waals surface area contributed by atoms with Crippen LogP contribution in [0.1, 0.15) is 18.4 Å². The van der Waals surface area contributed by atoms with Crippen molar-refractivity contribution in [3.63, 3.8) is 0 Å². The first-order valence-electron chi connectivity index (χ1n) is 5.70. The van der Waals surface area contributed by atoms with Crippen LogP contribution < -0.4 is 10.2 Å². The second kappa shape index (κ2) is 6.05. The molecule has 0 radical (unpaired) electrons. The third kappa shape index (κ3) is 4.08. The van der Waals surface area contributed by atoms with Gasteiger partial charge in [0.15, 0.2) is 0 Å². The molecule has 98 valence electrons. The Morgan fingerprint density at radius 1 is 1.28 bits per heavy atom. The molecule has 1 amide bonds. The van der Waals surface area contributed by atoms with E-state index in [0.29, 0.717) is 5.69 Å². The second-order valence-corrected chi connectivity index (χ2v) is 4.34. The van der Waals surface area contributed by atoms with Gasteiger partial charge in [-0.15, -0.1) is 0 Å². The largest absolute Gasteiger partial charge is 0.481 e. The van der Waals surface area contributed by atoms with Crippen molar-refractivity contribution in [3.05, 3.63) is 23.8 Å². The van der Waals surface area contributed by atoms with Crippen LogP contribution >= 0.6 is 0 Å². The van der Waals surface area contributed by atoms with E-state index in [1.165, 1.54) is 0 Å². The summed E-state index contributed by atoms with van der Waals surface area (Å²) in [5.41, 5.74) is 2.81. The molecule has 0 fully saturated rings. The zero-order valence-electron chi connectivity index (χ0n) is 10.9. The van der Waals surface area contributed by atoms with E-state index in [-0.39, 0.29) is 18.7 Å². The Balaban J connectivity index is 2.70. The predicted octanol–water partition coefficient (Wildman–Crippen LogP) is 1.86. The highest BCUT2D eigenvalue weighted by Gasteiger charge is 2.07. The van der Waals surface area contributed by atoms with E-state index in [1.807, 2.05) is 38.1 Å². The zero-order chi connectivity index (χ0) is 13.7. The lowest BCUT2D eigenvalue weighted by Gasteiger charge is -2.17. The van der Waals surface area contributed by atoms with E-state index in [0.717, 1.165) is 11.3 Å². The zero-order valence-corrected chi connectivity index (χ0v) is 10.9. The van der Waals surface area contributed by atoms with Gasteiger partial charge in [-0.05, 0) is 24.6 Å². The SMILES string of the molecule is Cc1ccc(NC(=O)CCC(=O)O)cc1N(C)C. The summed E-state index contributed by atoms with van der Waals surface area (Å²) >= 11 is 0. The lowest BCUT2D eigenvalue weighted by atomic mass is 10.1. The molecule has 1 aromatic carbocycles. The van der Waals surface area contributed by atoms with E-state index in [9.17, 15) is 9.59 Å². The third-order valence-electron chi connectivity index (χ3n) is 2.54. The van der Waals surface area contributed by atoms with E-state index >= 15 is 0 Å². The number of rotatable bonds is 5. The molecule has 1 aromatic rings. The summed E-state index contributed by atoms with van der Waals surface area (Å²) in [6.45, 7) is 1.99. The van der Waals surface area contributed by atoms with Crippen LogP contribution in [0.25, 0.3) is 0 Å². The fourth-order valence-corrected chi connectivity index (χ4v) is 1.61. The average Bonchev–Trinajstić information content (AvgIpc) is 2.28. The first-order chi connectivity index (χ1) is 8.40. The van der Waals surface area contributed by atoms with Crippen LogP contribution in [0.5, 0.6) is 0 Å². The summed E-state index contributed by atoms with van der Waals surface area (Å²) in [7, 11) is 3.86. The van der Waals surface area contributed by atoms with Gasteiger partial charge in [0.25, 0.3) is 0 Å². The summed E-state index contributed by atoms with van der Waals surface area (Å²) in [4.78, 5) is 23.8. The maximum absolute atomic E-state index is 11.5. The highest BCUT2D eigenvalue weighted by atomic mass is 16.4. The normalized spacial score (nSPS) is 9.94. The molecule has 18 heavy (non-hydrogen) atoms. The van der Waals surface area contributed by atoms with E-state index < -0.39 is 5.97 Å². The van der Waals surface area contributed by atoms with Crippen LogP contribution in [0.3, 0.4) is 0 Å². The van der Waals surface area contributed by atoms with Gasteiger partial charge in [0.1, 0.15) is 0 Å². The molecule has 0 saturated heterocycles. The molecule has 0 aliphatic rings. The number of carboxylic acid groups (broad SMARTS) is 1. The summed E-state index contributed by atoms with van der Waals surface area (Å²) in [6, 6.07) is 5.59. The summed E-state index contributed by atoms with van der Waals surface area (Å²) in [5.74, 6) is -1.26. The number of benzene rings is 1. The van der Waals surface area contributed by atoms with E-state index in [2.05, 4.69) is 5.32 Å². The Labute approximate surface area is 106 Å². The minimum atomic E-state index is -0.969. The minimum absolute atomic E-state index is 0.0134. The smallest absolute Gasteiger partial charge is 0.303 e. The van der Waals surface area contributed by atoms with Crippen molar-refractivity contribution in [1.82, 2.24) is 0 Å². The Morgan fingerprint density at radius 3 is 2.50 bits per heavy atom. The standard InChI is InChI=1S/C13H18N2O3/c1-9-4-5-10(8-11(9)15(2)3)14-12(16)6-7-13(17)18/h4-5,8H,6-7H2,1-3H3,(H,14,16)(H,17,18). The number of anilines is 2. The topological polar surface area (TPSA) is 69.6 Å². The summed E-state index contributed by atoms with van der Waals surface area (Å²) in [5, 5.41) is 11.2. The van der Waals surface area contributed by atoms with Crippen molar-refractivity contribution in [2.45, 2.75) is 19.8 Å². The summed E-state index contributed by atoms with van der Waals surface area (Å²) < 4.78 is 0. The number of carbonyl (C=O) groups is 2. The first-order valence-corrected chi connectivity index (χ1v) is 5.70. The van der Waals surface area contributed by atoms with Crippen LogP contribution in [0.15, 0.2) is 18.2 Å². The lowest BCUT2D eigenvalue weighted by molar-refractivity contribution is -0.138. The maximum atomic E-state index is 11.5. The number of carbonyl (C=O) groups excluding carboxylic acids is 1. The van der Waals surface area contributed by atoms with Crippen molar-refractivity contribution in [3.8, 4) is 0 Å². The highest BCUT2D eigenvalue weighted by Crippen LogP contribution is 2.22. The lowest BCUT2D eigenvalue weighted by Crippen LogP contribution is -2.15. The van der Waals surface area contributed by atoms with Gasteiger partial charge < -0.3 is 15.3 Å². The molecule has 0 saturated carbocycles. The van der Waals surface area contributed by atoms with Crippen molar-refractivity contribution in [2.24, 2.45) is 0 Å². The van der Waals surface area contributed by atoms with E-state index in [1.54, 1.807) is 6.07 Å². The number of amides is 1. The van der Waals surface area contributed by atoms with Crippen LogP contribution in [0.2, 0.25) is 0 Å². The quantitative estimate of drug-likeness (QED) is 0.837. The number of carboxylic acids is 1. The van der Waals surface area contributed by atoms with Crippen molar-refractivity contribution in [2.75, 3.05) is 24.3 Å². The van der Waals surface area contributed by atoms with Crippen LogP contribution in [-0.4, -0.2) is 31.1 Å². The monoisotopic (exact) mass is 250 g/mol. The average molecular weight is 250 g/mol. The maximum Gasteiger partial charge on any atom is 0.303 e. The number of nitrogens with one attached hydrogen (secondary N) is 1. The van der Waals surface area contributed by atoms with Crippen LogP contribution in [-0.2, 0) is 9.59 Å². The van der Waals surface area contributed by atoms with Gasteiger partial charge in [-0.3, -0.25) is 9.59 Å². The molecule has 0 aliphatic carbocycles. The van der Waals surface area contributed by atoms with Crippen molar-refractivity contribution in [1.29, 1.82) is 0 Å². The molecule has 0 aliphatic heterocycles. The van der Waals surface area contributed by atoms with Crippen molar-refractivity contribution >= 4 is 23.3 Å². The molecule has 5 nitrogen and oxygen atoms in total. The number of hydrogen-bond donors (Lipinski definition) is 2. The van der Waals surface area contributed by atoms with Gasteiger partial charge in [-0.2, -0.15) is 0 Å². The molecular weight excluding hydrogens is 232 g/mol. The predicted molar refractivity (Wildman–Crippen MR) is 71.0 cm³/mol. The molecule has 2 N–H and O–H groups in total. The molecule has 0 unspecified atom stereocenters. The Bertz CT molecular complexity index is 456. The molecule has 0 bridgehead atoms. The number of aliphatic carboxylic acids is 1. The molecule has 0 aromatic heterocycles. The molecule has 0 spiro atoms. The fourth-order valence-electron chi connectivity index (χ4n) is 1.61. The second-order valence-electron chi connectivity index (χ2n) is 4.34. The fraction of sp³-hybridized carbons (Fsp3) is 0.385. The molecule has 1 rings (SSSR count). The summed E-state index contributed by atoms with van der Waals surface area (Å²) in [6.07, 6.45) is -0.168. The van der Waals surface area contributed by atoms with E-state index in [4.69, 9.17) is 5.11 Å². The Morgan fingerprint density at radius 2 is 1.94 bits per heavy atom. The first kappa shape index (κ1) is 14.0. The molecule has 0 atom stereocenters. The van der Waals surface area contributed by atoms with Gasteiger partial charge in [0.2, 0.25) is 5.91 Å². The van der Waals surface area contributed by atoms with Gasteiger partial charge in [-0.25, -0.2) is 0 Å². The van der Waals surface area contributed by atoms with Gasteiger partial charge >= 0.3 is 5.97 Å². The van der Waals surface area contributed by atoms with Gasteiger partial charge in [0.05, 0.1) is 6.42 Å². The molecule has 0 heterocycles.